The minimum atomic E-state index is -1.14. The lowest BCUT2D eigenvalue weighted by molar-refractivity contribution is -0.144. The summed E-state index contributed by atoms with van der Waals surface area (Å²) in [5.74, 6) is -2.32. The molecule has 468 valence electrons. The number of benzene rings is 2. The fraction of sp³-hybridized carbons (Fsp3) is 0.590. The molecule has 2 aromatic heterocycles. The summed E-state index contributed by atoms with van der Waals surface area (Å²) in [6.07, 6.45) is -0.905. The molecule has 4 heterocycles. The van der Waals surface area contributed by atoms with Crippen LogP contribution in [0.3, 0.4) is 0 Å². The molecule has 25 heteroatoms. The quantitative estimate of drug-likeness (QED) is 0.0384. The fourth-order valence-electron chi connectivity index (χ4n) is 10.00. The number of hydrogen-bond donors (Lipinski definition) is 6. The number of carbonyl (C=O) groups is 6. The first-order valence-corrected chi connectivity index (χ1v) is 30.8. The smallest absolute Gasteiger partial charge is 0.246 e. The van der Waals surface area contributed by atoms with Gasteiger partial charge in [-0.1, -0.05) is 77.9 Å². The number of carbonyl (C=O) groups excluding carboxylic acids is 6. The maximum Gasteiger partial charge on any atom is 0.246 e. The Balaban J connectivity index is 0.746. The van der Waals surface area contributed by atoms with Crippen molar-refractivity contribution in [3.8, 4) is 32.7 Å². The number of nitrogens with one attached hydrogen (secondary N) is 4. The highest BCUT2D eigenvalue weighted by Crippen LogP contribution is 2.45. The van der Waals surface area contributed by atoms with E-state index in [0.717, 1.165) is 37.8 Å². The molecule has 3 aliphatic rings. The van der Waals surface area contributed by atoms with Crippen LogP contribution in [0.25, 0.3) is 20.9 Å². The zero-order chi connectivity index (χ0) is 62.2. The van der Waals surface area contributed by atoms with Gasteiger partial charge in [-0.2, -0.15) is 5.26 Å². The van der Waals surface area contributed by atoms with Crippen molar-refractivity contribution in [1.82, 2.24) is 41.0 Å². The maximum absolute atomic E-state index is 14.1. The summed E-state index contributed by atoms with van der Waals surface area (Å²) in [5.41, 5.74) is 6.24. The van der Waals surface area contributed by atoms with Crippen LogP contribution in [-0.4, -0.2) is 188 Å². The molecule has 3 fully saturated rings. The summed E-state index contributed by atoms with van der Waals surface area (Å²) in [6.45, 7) is 17.2. The molecule has 1 saturated carbocycles. The van der Waals surface area contributed by atoms with Crippen molar-refractivity contribution in [2.24, 2.45) is 16.2 Å². The van der Waals surface area contributed by atoms with Gasteiger partial charge in [0, 0.05) is 44.6 Å². The van der Waals surface area contributed by atoms with Crippen molar-refractivity contribution in [2.75, 3.05) is 85.8 Å². The Hall–Kier alpha value is -6.47. The molecule has 4 aromatic rings. The molecule has 6 unspecified atom stereocenters. The van der Waals surface area contributed by atoms with Crippen LogP contribution in [-0.2, 0) is 65.5 Å². The Bertz CT molecular complexity index is 2990. The summed E-state index contributed by atoms with van der Waals surface area (Å²) in [4.78, 5) is 94.9. The van der Waals surface area contributed by atoms with E-state index in [9.17, 15) is 44.2 Å². The maximum atomic E-state index is 14.1. The Labute approximate surface area is 510 Å². The van der Waals surface area contributed by atoms with Crippen LogP contribution in [0.15, 0.2) is 53.5 Å². The molecule has 23 nitrogen and oxygen atoms in total. The number of nitriles is 1. The van der Waals surface area contributed by atoms with E-state index in [2.05, 4.69) is 37.3 Å². The van der Waals surface area contributed by atoms with Gasteiger partial charge in [0.2, 0.25) is 35.4 Å². The number of ether oxygens (including phenoxy) is 6. The monoisotopic (exact) mass is 1230 g/mol. The highest BCUT2D eigenvalue weighted by Gasteiger charge is 2.53. The topological polar surface area (TPSA) is 302 Å². The number of likely N-dealkylation sites (tertiary alicyclic amines) is 2. The van der Waals surface area contributed by atoms with Crippen LogP contribution < -0.4 is 26.0 Å². The number of aliphatic hydroxyl groups excluding tert-OH is 2. The number of aryl methyl sites for hydroxylation is 2. The van der Waals surface area contributed by atoms with Crippen LogP contribution in [0.1, 0.15) is 89.7 Å². The molecule has 2 aromatic carbocycles. The standard InChI is InChI=1S/C61H83N9O14S2/c1-38-50(85-36-65-38)41-11-9-40(10-12-41)30-63-54(74)46-28-44(71)32-69(46)56(76)52(59(3,4)5)67-49(73)34-83-24-23-81-20-19-79-17-18-80-21-22-82-25-26-84-48-27-42(51-39(2)66-37-86-51)13-14-43(48)31-64-55(75)47-29-45(72)33-70(47)57(77)53(60(6,7)8)68-58(78)61(35-62)15-16-61/h9-14,27,36-37,44-47,52-53,71-72H,15-26,28-34H2,1-8H3,(H,63,74)(H,64,75)(H,67,73)(H,68,78). The summed E-state index contributed by atoms with van der Waals surface area (Å²) in [5, 5.41) is 42.3. The molecule has 7 rings (SSSR count). The minimum Gasteiger partial charge on any atom is -0.491 e. The number of aromatic nitrogens is 2. The molecule has 1 aliphatic carbocycles. The summed E-state index contributed by atoms with van der Waals surface area (Å²) < 4.78 is 34.4. The SMILES string of the molecule is Cc1ncsc1-c1ccc(CNC(=O)C2CC(O)CN2C(=O)C(NC(=O)COCCOCCOCCOCCOCCOc2cc(-c3scnc3C)ccc2CNC(=O)C2CC(O)CN2C(=O)C(NC(=O)C2(C#N)CC2)C(C)(C)C)C(C)(C)C)cc1. The predicted molar refractivity (Wildman–Crippen MR) is 320 cm³/mol. The second-order valence-corrected chi connectivity index (χ2v) is 25.7. The highest BCUT2D eigenvalue weighted by atomic mass is 32.1. The van der Waals surface area contributed by atoms with Crippen molar-refractivity contribution < 1.29 is 67.4 Å². The van der Waals surface area contributed by atoms with Gasteiger partial charge in [-0.05, 0) is 60.3 Å². The van der Waals surface area contributed by atoms with Crippen LogP contribution in [0.2, 0.25) is 0 Å². The van der Waals surface area contributed by atoms with Gasteiger partial charge in [0.1, 0.15) is 48.5 Å². The van der Waals surface area contributed by atoms with Crippen LogP contribution in [0.5, 0.6) is 5.75 Å². The van der Waals surface area contributed by atoms with Crippen LogP contribution in [0, 0.1) is 41.4 Å². The predicted octanol–water partition coefficient (Wildman–Crippen LogP) is 4.23. The van der Waals surface area contributed by atoms with Gasteiger partial charge >= 0.3 is 0 Å². The van der Waals surface area contributed by atoms with E-state index in [1.807, 2.05) is 77.1 Å². The van der Waals surface area contributed by atoms with Crippen molar-refractivity contribution in [1.29, 1.82) is 5.26 Å². The molecule has 6 N–H and O–H groups in total. The zero-order valence-corrected chi connectivity index (χ0v) is 52.1. The third kappa shape index (κ3) is 18.5. The van der Waals surface area contributed by atoms with E-state index in [1.165, 1.54) is 21.1 Å². The van der Waals surface area contributed by atoms with E-state index in [0.29, 0.717) is 57.2 Å². The average Bonchev–Trinajstić information content (AvgIpc) is 2.16. The Morgan fingerprint density at radius 3 is 1.57 bits per heavy atom. The van der Waals surface area contributed by atoms with Crippen molar-refractivity contribution in [3.63, 3.8) is 0 Å². The van der Waals surface area contributed by atoms with Gasteiger partial charge < -0.3 is 69.7 Å². The molecule has 0 bridgehead atoms. The summed E-state index contributed by atoms with van der Waals surface area (Å²) in [7, 11) is 0. The lowest BCUT2D eigenvalue weighted by Crippen LogP contribution is -2.58. The second-order valence-electron chi connectivity index (χ2n) is 24.0. The molecular weight excluding hydrogens is 1150 g/mol. The van der Waals surface area contributed by atoms with Crippen molar-refractivity contribution in [2.45, 2.75) is 131 Å². The summed E-state index contributed by atoms with van der Waals surface area (Å²) >= 11 is 3.06. The van der Waals surface area contributed by atoms with Gasteiger partial charge in [-0.15, -0.1) is 22.7 Å². The second kappa shape index (κ2) is 30.9. The van der Waals surface area contributed by atoms with E-state index in [-0.39, 0.29) is 84.6 Å². The van der Waals surface area contributed by atoms with Gasteiger partial charge in [0.15, 0.2) is 0 Å². The molecular formula is C61H83N9O14S2. The lowest BCUT2D eigenvalue weighted by atomic mass is 9.85. The van der Waals surface area contributed by atoms with Crippen molar-refractivity contribution in [3.05, 3.63) is 76.0 Å². The Morgan fingerprint density at radius 1 is 0.651 bits per heavy atom. The largest absolute Gasteiger partial charge is 0.491 e. The number of nitrogens with zero attached hydrogens (tertiary/aromatic N) is 5. The molecule has 6 atom stereocenters. The number of hydrogen-bond acceptors (Lipinski definition) is 19. The van der Waals surface area contributed by atoms with Gasteiger partial charge in [-0.3, -0.25) is 28.8 Å². The number of rotatable bonds is 31. The number of thiazole rings is 2. The average molecular weight is 1230 g/mol. The van der Waals surface area contributed by atoms with E-state index < -0.39 is 82.2 Å². The lowest BCUT2D eigenvalue weighted by Gasteiger charge is -2.35. The first kappa shape index (κ1) is 67.0. The first-order chi connectivity index (χ1) is 41.0. The number of amides is 6. The normalized spacial score (nSPS) is 18.9. The van der Waals surface area contributed by atoms with Gasteiger partial charge in [-0.25, -0.2) is 9.97 Å². The van der Waals surface area contributed by atoms with Crippen LogP contribution in [0.4, 0.5) is 0 Å². The molecule has 0 radical (unpaired) electrons. The summed E-state index contributed by atoms with van der Waals surface area (Å²) in [6, 6.07) is 11.6. The molecule has 2 aliphatic heterocycles. The van der Waals surface area contributed by atoms with Gasteiger partial charge in [0.25, 0.3) is 0 Å². The number of β-amino-alcohol motifs (C(OH)–C–C–N with tert-alkyl or cyclic N) is 2. The molecule has 0 spiro atoms. The fourth-order valence-corrected chi connectivity index (χ4v) is 11.6. The third-order valence-electron chi connectivity index (χ3n) is 15.1. The third-order valence-corrected chi connectivity index (χ3v) is 17.1. The van der Waals surface area contributed by atoms with Gasteiger partial charge in [0.05, 0.1) is 110 Å². The molecule has 2 saturated heterocycles. The number of aliphatic hydroxyl groups is 2. The minimum absolute atomic E-state index is 0.0194. The van der Waals surface area contributed by atoms with Crippen LogP contribution >= 0.6 is 22.7 Å². The van der Waals surface area contributed by atoms with Crippen molar-refractivity contribution >= 4 is 58.1 Å². The van der Waals surface area contributed by atoms with E-state index in [4.69, 9.17) is 28.4 Å². The highest BCUT2D eigenvalue weighted by molar-refractivity contribution is 7.13. The zero-order valence-electron chi connectivity index (χ0n) is 50.4. The Kier molecular flexibility index (Phi) is 24.1. The van der Waals surface area contributed by atoms with E-state index >= 15 is 0 Å². The van der Waals surface area contributed by atoms with E-state index in [1.54, 1.807) is 43.1 Å². The molecule has 86 heavy (non-hydrogen) atoms. The first-order valence-electron chi connectivity index (χ1n) is 29.1. The Morgan fingerprint density at radius 2 is 1.10 bits per heavy atom. The molecule has 6 amide bonds.